The van der Waals surface area contributed by atoms with E-state index in [4.69, 9.17) is 4.52 Å². The molecule has 130 valence electrons. The highest BCUT2D eigenvalue weighted by Crippen LogP contribution is 2.35. The lowest BCUT2D eigenvalue weighted by atomic mass is 10.1. The molecule has 1 atom stereocenters. The fourth-order valence-corrected chi connectivity index (χ4v) is 3.40. The largest absolute Gasteiger partial charge is 0.356 e. The number of thioether (sulfide) groups is 1. The van der Waals surface area contributed by atoms with Crippen LogP contribution in [0.15, 0.2) is 46.2 Å². The molecule has 0 N–H and O–H groups in total. The number of aromatic nitrogens is 1. The summed E-state index contributed by atoms with van der Waals surface area (Å²) in [4.78, 5) is 6.48. The maximum Gasteiger partial charge on any atom is 0.170 e. The third-order valence-electron chi connectivity index (χ3n) is 3.82. The Morgan fingerprint density at radius 2 is 2.42 bits per heavy atom. The quantitative estimate of drug-likeness (QED) is 0.442. The molecule has 7 heteroatoms. The minimum absolute atomic E-state index is 0.0594. The van der Waals surface area contributed by atoms with Crippen LogP contribution in [0.5, 0.6) is 0 Å². The Balaban J connectivity index is 2.29. The van der Waals surface area contributed by atoms with Gasteiger partial charge in [0.05, 0.1) is 11.6 Å². The standard InChI is InChI=1S/C17H21F2N3OS/c1-4-12(13(19)7-5-9-18)16-11-14(21-23-16)15-8-6-10-22(15)17(20-2)24-3/h4-5,7,11,15H,1,6,8-10H2,2-3H3/b7-5-,13-12-,20-17-/t15-/m1/s1. The van der Waals surface area contributed by atoms with Gasteiger partial charge in [-0.1, -0.05) is 35.6 Å². The van der Waals surface area contributed by atoms with Gasteiger partial charge in [-0.15, -0.1) is 0 Å². The topological polar surface area (TPSA) is 41.6 Å². The summed E-state index contributed by atoms with van der Waals surface area (Å²) in [7, 11) is 1.76. The molecule has 0 amide bonds. The third-order valence-corrected chi connectivity index (χ3v) is 4.60. The van der Waals surface area contributed by atoms with Gasteiger partial charge in [0.2, 0.25) is 0 Å². The van der Waals surface area contributed by atoms with Gasteiger partial charge in [0.15, 0.2) is 10.9 Å². The second-order valence-electron chi connectivity index (χ2n) is 5.20. The number of alkyl halides is 1. The predicted molar refractivity (Wildman–Crippen MR) is 95.4 cm³/mol. The number of halogens is 2. The highest BCUT2D eigenvalue weighted by molar-refractivity contribution is 8.13. The van der Waals surface area contributed by atoms with Gasteiger partial charge in [0.25, 0.3) is 0 Å². The zero-order valence-electron chi connectivity index (χ0n) is 13.8. The Bertz CT molecular complexity index is 667. The van der Waals surface area contributed by atoms with Crippen molar-refractivity contribution in [3.63, 3.8) is 0 Å². The van der Waals surface area contributed by atoms with E-state index in [9.17, 15) is 8.78 Å². The van der Waals surface area contributed by atoms with Crippen molar-refractivity contribution in [3.05, 3.63) is 48.2 Å². The average molecular weight is 353 g/mol. The molecule has 0 spiro atoms. The van der Waals surface area contributed by atoms with Crippen molar-refractivity contribution in [1.82, 2.24) is 10.1 Å². The van der Waals surface area contributed by atoms with Crippen LogP contribution in [0.25, 0.3) is 5.57 Å². The molecule has 0 aromatic carbocycles. The summed E-state index contributed by atoms with van der Waals surface area (Å²) in [5.41, 5.74) is 0.900. The average Bonchev–Trinajstić information content (AvgIpc) is 3.24. The molecule has 1 fully saturated rings. The van der Waals surface area contributed by atoms with E-state index < -0.39 is 12.5 Å². The monoisotopic (exact) mass is 353 g/mol. The Labute approximate surface area is 145 Å². The van der Waals surface area contributed by atoms with E-state index in [1.54, 1.807) is 24.9 Å². The number of hydrogen-bond acceptors (Lipinski definition) is 4. The molecule has 0 bridgehead atoms. The molecule has 2 rings (SSSR count). The van der Waals surface area contributed by atoms with E-state index in [0.29, 0.717) is 0 Å². The molecule has 0 saturated carbocycles. The number of hydrogen-bond donors (Lipinski definition) is 0. The Kier molecular flexibility index (Phi) is 6.78. The normalized spacial score (nSPS) is 19.9. The molecule has 0 aliphatic carbocycles. The molecular weight excluding hydrogens is 332 g/mol. The van der Waals surface area contributed by atoms with Gasteiger partial charge in [-0.25, -0.2) is 8.78 Å². The van der Waals surface area contributed by atoms with Crippen LogP contribution >= 0.6 is 11.8 Å². The maximum absolute atomic E-state index is 14.1. The van der Waals surface area contributed by atoms with Gasteiger partial charge < -0.3 is 9.42 Å². The first kappa shape index (κ1) is 18.4. The van der Waals surface area contributed by atoms with Crippen molar-refractivity contribution in [1.29, 1.82) is 0 Å². The van der Waals surface area contributed by atoms with Crippen LogP contribution < -0.4 is 0 Å². The summed E-state index contributed by atoms with van der Waals surface area (Å²) in [6, 6.07) is 1.78. The molecule has 1 aromatic rings. The van der Waals surface area contributed by atoms with E-state index in [0.717, 1.165) is 42.4 Å². The second kappa shape index (κ2) is 8.82. The minimum Gasteiger partial charge on any atom is -0.356 e. The first-order valence-corrected chi connectivity index (χ1v) is 8.87. The van der Waals surface area contributed by atoms with Gasteiger partial charge >= 0.3 is 0 Å². The fraction of sp³-hybridized carbons (Fsp3) is 0.412. The van der Waals surface area contributed by atoms with Crippen molar-refractivity contribution in [2.75, 3.05) is 26.5 Å². The Morgan fingerprint density at radius 3 is 3.04 bits per heavy atom. The van der Waals surface area contributed by atoms with Gasteiger partial charge in [-0.3, -0.25) is 4.99 Å². The van der Waals surface area contributed by atoms with Crippen LogP contribution in [0, 0.1) is 0 Å². The highest BCUT2D eigenvalue weighted by atomic mass is 32.2. The molecule has 2 heterocycles. The molecule has 1 saturated heterocycles. The Morgan fingerprint density at radius 1 is 1.62 bits per heavy atom. The van der Waals surface area contributed by atoms with Crippen molar-refractivity contribution >= 4 is 22.5 Å². The van der Waals surface area contributed by atoms with Gasteiger partial charge in [-0.2, -0.15) is 0 Å². The van der Waals surface area contributed by atoms with Crippen molar-refractivity contribution < 1.29 is 13.3 Å². The molecule has 0 radical (unpaired) electrons. The van der Waals surface area contributed by atoms with E-state index >= 15 is 0 Å². The molecule has 1 aromatic heterocycles. The zero-order chi connectivity index (χ0) is 17.5. The smallest absolute Gasteiger partial charge is 0.170 e. The minimum atomic E-state index is -0.732. The summed E-state index contributed by atoms with van der Waals surface area (Å²) in [5.74, 6) is -0.319. The summed E-state index contributed by atoms with van der Waals surface area (Å²) in [6.45, 7) is 3.77. The molecule has 4 nitrogen and oxygen atoms in total. The summed E-state index contributed by atoms with van der Waals surface area (Å²) >= 11 is 1.58. The zero-order valence-corrected chi connectivity index (χ0v) is 14.7. The molecule has 1 aliphatic heterocycles. The number of aliphatic imine (C=N–C) groups is 1. The number of allylic oxidation sites excluding steroid dienone is 5. The maximum atomic E-state index is 14.1. The van der Waals surface area contributed by atoms with E-state index in [-0.39, 0.29) is 17.4 Å². The van der Waals surface area contributed by atoms with E-state index in [2.05, 4.69) is 21.6 Å². The Hall–Kier alpha value is -1.89. The third kappa shape index (κ3) is 3.95. The van der Waals surface area contributed by atoms with Crippen LogP contribution in [0.2, 0.25) is 0 Å². The van der Waals surface area contributed by atoms with Crippen LogP contribution in [-0.4, -0.2) is 41.7 Å². The molecule has 1 aliphatic rings. The van der Waals surface area contributed by atoms with E-state index in [1.165, 1.54) is 6.08 Å². The van der Waals surface area contributed by atoms with Crippen molar-refractivity contribution in [3.8, 4) is 0 Å². The van der Waals surface area contributed by atoms with Crippen LogP contribution in [0.4, 0.5) is 8.78 Å². The molecular formula is C17H21F2N3OS. The van der Waals surface area contributed by atoms with Gasteiger partial charge in [0, 0.05) is 19.7 Å². The SMILES string of the molecule is C=C/C(=C(F)\C=C/CF)c1cc([C@H]2CCCN2/C(=N/C)SC)no1. The first-order chi connectivity index (χ1) is 11.7. The number of rotatable bonds is 5. The van der Waals surface area contributed by atoms with E-state index in [1.807, 2.05) is 6.26 Å². The summed E-state index contributed by atoms with van der Waals surface area (Å²) < 4.78 is 31.5. The lowest BCUT2D eigenvalue weighted by Gasteiger charge is -2.24. The van der Waals surface area contributed by atoms with Crippen molar-refractivity contribution in [2.24, 2.45) is 4.99 Å². The molecule has 0 unspecified atom stereocenters. The number of likely N-dealkylation sites (tertiary alicyclic amines) is 1. The number of amidine groups is 1. The van der Waals surface area contributed by atoms with Crippen LogP contribution in [0.3, 0.4) is 0 Å². The fourth-order valence-electron chi connectivity index (χ4n) is 2.77. The lowest BCUT2D eigenvalue weighted by molar-refractivity contribution is 0.355. The first-order valence-electron chi connectivity index (χ1n) is 7.65. The highest BCUT2D eigenvalue weighted by Gasteiger charge is 2.31. The van der Waals surface area contributed by atoms with Crippen LogP contribution in [-0.2, 0) is 0 Å². The lowest BCUT2D eigenvalue weighted by Crippen LogP contribution is -2.28. The summed E-state index contributed by atoms with van der Waals surface area (Å²) in [5, 5.41) is 5.05. The van der Waals surface area contributed by atoms with Gasteiger partial charge in [0.1, 0.15) is 18.2 Å². The van der Waals surface area contributed by atoms with Crippen molar-refractivity contribution in [2.45, 2.75) is 18.9 Å². The number of nitrogens with zero attached hydrogens (tertiary/aromatic N) is 3. The second-order valence-corrected chi connectivity index (χ2v) is 5.97. The summed E-state index contributed by atoms with van der Waals surface area (Å²) in [6.07, 6.45) is 7.45. The predicted octanol–water partition coefficient (Wildman–Crippen LogP) is 4.55. The molecule has 24 heavy (non-hydrogen) atoms. The van der Waals surface area contributed by atoms with Crippen LogP contribution in [0.1, 0.15) is 30.3 Å². The van der Waals surface area contributed by atoms with Gasteiger partial charge in [-0.05, 0) is 25.2 Å².